The standard InChI is InChI=1S/C10H17N3O4S2/c1-18(14,15)12-6-7-13-19(16,17)8-9-4-2-3-5-10(9)11/h2-5,12-13H,6-8,11H2,1H3. The van der Waals surface area contributed by atoms with Crippen LogP contribution in [0.3, 0.4) is 0 Å². The molecule has 9 heteroatoms. The molecule has 0 bridgehead atoms. The van der Waals surface area contributed by atoms with Crippen LogP contribution in [0.15, 0.2) is 24.3 Å². The van der Waals surface area contributed by atoms with E-state index < -0.39 is 20.0 Å². The van der Waals surface area contributed by atoms with E-state index in [1.54, 1.807) is 24.3 Å². The molecule has 0 radical (unpaired) electrons. The van der Waals surface area contributed by atoms with Crippen molar-refractivity contribution in [3.63, 3.8) is 0 Å². The Hall–Kier alpha value is -1.16. The van der Waals surface area contributed by atoms with E-state index in [4.69, 9.17) is 5.73 Å². The first-order chi connectivity index (χ1) is 8.70. The molecule has 0 aromatic heterocycles. The summed E-state index contributed by atoms with van der Waals surface area (Å²) in [5, 5.41) is 0. The lowest BCUT2D eigenvalue weighted by Crippen LogP contribution is -2.34. The van der Waals surface area contributed by atoms with Crippen molar-refractivity contribution in [3.8, 4) is 0 Å². The maximum atomic E-state index is 11.7. The molecule has 1 aromatic rings. The minimum Gasteiger partial charge on any atom is -0.398 e. The highest BCUT2D eigenvalue weighted by molar-refractivity contribution is 7.89. The second kappa shape index (κ2) is 6.33. The average Bonchev–Trinajstić information content (AvgIpc) is 2.26. The highest BCUT2D eigenvalue weighted by Gasteiger charge is 2.12. The fourth-order valence-corrected chi connectivity index (χ4v) is 3.02. The Bertz CT molecular complexity index is 626. The lowest BCUT2D eigenvalue weighted by atomic mass is 10.2. The van der Waals surface area contributed by atoms with Crippen LogP contribution in [0.2, 0.25) is 0 Å². The third-order valence-corrected chi connectivity index (χ3v) is 4.28. The Balaban J connectivity index is 2.52. The van der Waals surface area contributed by atoms with Crippen molar-refractivity contribution in [2.75, 3.05) is 25.1 Å². The molecule has 0 saturated heterocycles. The zero-order valence-corrected chi connectivity index (χ0v) is 12.1. The van der Waals surface area contributed by atoms with Gasteiger partial charge in [0.1, 0.15) is 0 Å². The molecular weight excluding hydrogens is 290 g/mol. The summed E-state index contributed by atoms with van der Waals surface area (Å²) in [6, 6.07) is 6.67. The molecule has 108 valence electrons. The van der Waals surface area contributed by atoms with Crippen LogP contribution in [-0.4, -0.2) is 36.2 Å². The van der Waals surface area contributed by atoms with Crippen molar-refractivity contribution in [2.45, 2.75) is 5.75 Å². The summed E-state index contributed by atoms with van der Waals surface area (Å²) >= 11 is 0. The lowest BCUT2D eigenvalue weighted by molar-refractivity contribution is 0.573. The number of hydrogen-bond donors (Lipinski definition) is 3. The first kappa shape index (κ1) is 15.9. The molecule has 0 unspecified atom stereocenters. The van der Waals surface area contributed by atoms with Gasteiger partial charge < -0.3 is 5.73 Å². The first-order valence-electron chi connectivity index (χ1n) is 5.45. The summed E-state index contributed by atoms with van der Waals surface area (Å²) in [6.07, 6.45) is 1.01. The minimum atomic E-state index is -3.54. The molecule has 0 aliphatic carbocycles. The summed E-state index contributed by atoms with van der Waals surface area (Å²) in [7, 11) is -6.85. The van der Waals surface area contributed by atoms with Gasteiger partial charge in [0.25, 0.3) is 0 Å². The van der Waals surface area contributed by atoms with Crippen molar-refractivity contribution in [3.05, 3.63) is 29.8 Å². The molecular formula is C10H17N3O4S2. The highest BCUT2D eigenvalue weighted by Crippen LogP contribution is 2.13. The van der Waals surface area contributed by atoms with Gasteiger partial charge in [0.15, 0.2) is 0 Å². The molecule has 0 atom stereocenters. The van der Waals surface area contributed by atoms with Gasteiger partial charge in [0, 0.05) is 18.8 Å². The zero-order valence-electron chi connectivity index (χ0n) is 10.5. The third-order valence-electron chi connectivity index (χ3n) is 2.21. The monoisotopic (exact) mass is 307 g/mol. The van der Waals surface area contributed by atoms with E-state index in [0.29, 0.717) is 11.3 Å². The molecule has 1 aromatic carbocycles. The van der Waals surface area contributed by atoms with Gasteiger partial charge in [-0.25, -0.2) is 26.3 Å². The number of hydrogen-bond acceptors (Lipinski definition) is 5. The molecule has 0 aliphatic rings. The second-order valence-electron chi connectivity index (χ2n) is 4.02. The van der Waals surface area contributed by atoms with Crippen LogP contribution in [0.4, 0.5) is 5.69 Å². The number of anilines is 1. The van der Waals surface area contributed by atoms with Crippen LogP contribution in [-0.2, 0) is 25.8 Å². The predicted molar refractivity (Wildman–Crippen MR) is 74.3 cm³/mol. The van der Waals surface area contributed by atoms with Crippen LogP contribution in [0.25, 0.3) is 0 Å². The largest absolute Gasteiger partial charge is 0.398 e. The Morgan fingerprint density at radius 1 is 1.05 bits per heavy atom. The third kappa shape index (κ3) is 6.53. The highest BCUT2D eigenvalue weighted by atomic mass is 32.2. The van der Waals surface area contributed by atoms with Crippen LogP contribution >= 0.6 is 0 Å². The molecule has 0 spiro atoms. The van der Waals surface area contributed by atoms with Gasteiger partial charge in [-0.3, -0.25) is 0 Å². The van der Waals surface area contributed by atoms with Gasteiger partial charge >= 0.3 is 0 Å². The number of nitrogen functional groups attached to an aromatic ring is 1. The normalized spacial score (nSPS) is 12.5. The number of benzene rings is 1. The number of rotatable bonds is 7. The van der Waals surface area contributed by atoms with Gasteiger partial charge in [-0.2, -0.15) is 0 Å². The van der Waals surface area contributed by atoms with E-state index in [1.165, 1.54) is 0 Å². The van der Waals surface area contributed by atoms with E-state index in [2.05, 4.69) is 9.44 Å². The van der Waals surface area contributed by atoms with Gasteiger partial charge in [0.2, 0.25) is 20.0 Å². The smallest absolute Gasteiger partial charge is 0.215 e. The zero-order chi connectivity index (χ0) is 14.5. The van der Waals surface area contributed by atoms with Crippen molar-refractivity contribution < 1.29 is 16.8 Å². The Labute approximate surface area is 113 Å². The van der Waals surface area contributed by atoms with E-state index in [1.807, 2.05) is 0 Å². The van der Waals surface area contributed by atoms with E-state index in [-0.39, 0.29) is 18.8 Å². The summed E-state index contributed by atoms with van der Waals surface area (Å²) in [5.41, 5.74) is 6.57. The van der Waals surface area contributed by atoms with Crippen molar-refractivity contribution in [1.82, 2.24) is 9.44 Å². The van der Waals surface area contributed by atoms with Gasteiger partial charge in [-0.1, -0.05) is 18.2 Å². The van der Waals surface area contributed by atoms with Gasteiger partial charge in [-0.05, 0) is 11.6 Å². The van der Waals surface area contributed by atoms with Gasteiger partial charge in [0.05, 0.1) is 12.0 Å². The molecule has 0 fully saturated rings. The Morgan fingerprint density at radius 3 is 2.21 bits per heavy atom. The summed E-state index contributed by atoms with van der Waals surface area (Å²) in [5.74, 6) is -0.238. The van der Waals surface area contributed by atoms with Crippen LogP contribution in [0, 0.1) is 0 Å². The van der Waals surface area contributed by atoms with Crippen molar-refractivity contribution in [1.29, 1.82) is 0 Å². The average molecular weight is 307 g/mol. The van der Waals surface area contributed by atoms with E-state index >= 15 is 0 Å². The summed E-state index contributed by atoms with van der Waals surface area (Å²) in [6.45, 7) is -0.00945. The Morgan fingerprint density at radius 2 is 1.63 bits per heavy atom. The van der Waals surface area contributed by atoms with Crippen molar-refractivity contribution >= 4 is 25.7 Å². The van der Waals surface area contributed by atoms with Crippen LogP contribution < -0.4 is 15.2 Å². The quantitative estimate of drug-likeness (QED) is 0.452. The molecule has 0 aliphatic heterocycles. The van der Waals surface area contributed by atoms with Crippen molar-refractivity contribution in [2.24, 2.45) is 0 Å². The molecule has 7 nitrogen and oxygen atoms in total. The molecule has 1 rings (SSSR count). The topological polar surface area (TPSA) is 118 Å². The van der Waals surface area contributed by atoms with Crippen LogP contribution in [0.1, 0.15) is 5.56 Å². The fraction of sp³-hybridized carbons (Fsp3) is 0.400. The Kier molecular flexibility index (Phi) is 5.29. The maximum Gasteiger partial charge on any atom is 0.215 e. The minimum absolute atomic E-state index is 0.00232. The SMILES string of the molecule is CS(=O)(=O)NCCNS(=O)(=O)Cc1ccccc1N. The lowest BCUT2D eigenvalue weighted by Gasteiger charge is -2.08. The molecule has 19 heavy (non-hydrogen) atoms. The number of para-hydroxylation sites is 1. The van der Waals surface area contributed by atoms with E-state index in [9.17, 15) is 16.8 Å². The molecule has 4 N–H and O–H groups in total. The van der Waals surface area contributed by atoms with Gasteiger partial charge in [-0.15, -0.1) is 0 Å². The maximum absolute atomic E-state index is 11.7. The molecule has 0 amide bonds. The predicted octanol–water partition coefficient (Wildman–Crippen LogP) is -0.763. The fourth-order valence-electron chi connectivity index (χ4n) is 1.36. The number of nitrogens with two attached hydrogens (primary N) is 1. The number of sulfonamides is 2. The second-order valence-corrected chi connectivity index (χ2v) is 7.66. The van der Waals surface area contributed by atoms with Crippen LogP contribution in [0.5, 0.6) is 0 Å². The summed E-state index contributed by atoms with van der Waals surface area (Å²) < 4.78 is 49.5. The first-order valence-corrected chi connectivity index (χ1v) is 8.99. The molecule has 0 saturated carbocycles. The number of nitrogens with one attached hydrogen (secondary N) is 2. The summed E-state index contributed by atoms with van der Waals surface area (Å²) in [4.78, 5) is 0. The molecule has 0 heterocycles. The van der Waals surface area contributed by atoms with E-state index in [0.717, 1.165) is 6.26 Å².